The fourth-order valence-electron chi connectivity index (χ4n) is 3.85. The molecule has 1 aliphatic rings. The lowest BCUT2D eigenvalue weighted by atomic mass is 10.0. The molecule has 0 bridgehead atoms. The van der Waals surface area contributed by atoms with Crippen molar-refractivity contribution in [3.05, 3.63) is 65.2 Å². The van der Waals surface area contributed by atoms with E-state index in [1.807, 2.05) is 52.0 Å². The smallest absolute Gasteiger partial charge is 0.416 e. The Morgan fingerprint density at radius 2 is 1.56 bits per heavy atom. The first-order valence-corrected chi connectivity index (χ1v) is 10.9. The van der Waals surface area contributed by atoms with Gasteiger partial charge in [0.2, 0.25) is 0 Å². The number of aryl methyl sites for hydroxylation is 1. The molecule has 0 aliphatic carbocycles. The molecular weight excluding hydrogens is 417 g/mol. The van der Waals surface area contributed by atoms with E-state index in [9.17, 15) is 18.0 Å². The molecule has 0 spiro atoms. The first-order valence-electron chi connectivity index (χ1n) is 10.9. The maximum atomic E-state index is 12.9. The molecule has 2 aromatic carbocycles. The van der Waals surface area contributed by atoms with E-state index in [0.29, 0.717) is 19.6 Å². The minimum absolute atomic E-state index is 0.165. The SMILES string of the molecule is Cc1ccc(N(Cc2ccc(C(F)(F)F)cc2)C2CCN(C(=O)OC(C)(C)C)CC2)cc1. The van der Waals surface area contributed by atoms with Gasteiger partial charge in [-0.05, 0) is 70.4 Å². The van der Waals surface area contributed by atoms with Gasteiger partial charge in [-0.15, -0.1) is 0 Å². The molecule has 3 rings (SSSR count). The average molecular weight is 449 g/mol. The van der Waals surface area contributed by atoms with Crippen molar-refractivity contribution in [2.45, 2.75) is 64.9 Å². The lowest BCUT2D eigenvalue weighted by Crippen LogP contribution is -2.48. The van der Waals surface area contributed by atoms with E-state index in [4.69, 9.17) is 4.74 Å². The van der Waals surface area contributed by atoms with Crippen LogP contribution in [0.4, 0.5) is 23.7 Å². The lowest BCUT2D eigenvalue weighted by molar-refractivity contribution is -0.137. The third-order valence-electron chi connectivity index (χ3n) is 5.56. The number of hydrogen-bond donors (Lipinski definition) is 0. The van der Waals surface area contributed by atoms with Crippen LogP contribution in [-0.4, -0.2) is 35.7 Å². The number of ether oxygens (including phenoxy) is 1. The zero-order chi connectivity index (χ0) is 23.5. The van der Waals surface area contributed by atoms with Gasteiger partial charge in [-0.2, -0.15) is 13.2 Å². The highest BCUT2D eigenvalue weighted by molar-refractivity contribution is 5.68. The van der Waals surface area contributed by atoms with Crippen LogP contribution in [0, 0.1) is 6.92 Å². The second kappa shape index (κ2) is 9.43. The van der Waals surface area contributed by atoms with Gasteiger partial charge in [-0.3, -0.25) is 0 Å². The van der Waals surface area contributed by atoms with Crippen LogP contribution in [0.5, 0.6) is 0 Å². The topological polar surface area (TPSA) is 32.8 Å². The standard InChI is InChI=1S/C25H31F3N2O2/c1-18-5-11-21(12-6-18)30(17-19-7-9-20(10-8-19)25(26,27)28)22-13-15-29(16-14-22)23(31)32-24(2,3)4/h5-12,22H,13-17H2,1-4H3. The molecular formula is C25H31F3N2O2. The Morgan fingerprint density at radius 1 is 1.00 bits per heavy atom. The molecule has 0 N–H and O–H groups in total. The number of carbonyl (C=O) groups is 1. The van der Waals surface area contributed by atoms with Crippen LogP contribution in [0.15, 0.2) is 48.5 Å². The highest BCUT2D eigenvalue weighted by atomic mass is 19.4. The number of rotatable bonds is 4. The minimum Gasteiger partial charge on any atom is -0.444 e. The van der Waals surface area contributed by atoms with Crippen molar-refractivity contribution in [1.29, 1.82) is 0 Å². The van der Waals surface area contributed by atoms with Crippen LogP contribution in [0.1, 0.15) is 50.3 Å². The zero-order valence-corrected chi connectivity index (χ0v) is 19.1. The molecule has 0 atom stereocenters. The Kier molecular flexibility index (Phi) is 7.06. The van der Waals surface area contributed by atoms with Crippen LogP contribution in [-0.2, 0) is 17.5 Å². The van der Waals surface area contributed by atoms with Gasteiger partial charge >= 0.3 is 12.3 Å². The van der Waals surface area contributed by atoms with Gasteiger partial charge in [0, 0.05) is 31.4 Å². The Labute approximate surface area is 188 Å². The first kappa shape index (κ1) is 24.0. The molecule has 7 heteroatoms. The van der Waals surface area contributed by atoms with Crippen molar-refractivity contribution in [2.24, 2.45) is 0 Å². The second-order valence-corrected chi connectivity index (χ2v) is 9.36. The number of nitrogens with zero attached hydrogens (tertiary/aromatic N) is 2. The van der Waals surface area contributed by atoms with Crippen LogP contribution in [0.3, 0.4) is 0 Å². The van der Waals surface area contributed by atoms with Crippen molar-refractivity contribution < 1.29 is 22.7 Å². The van der Waals surface area contributed by atoms with Crippen LogP contribution < -0.4 is 4.90 Å². The van der Waals surface area contributed by atoms with Gasteiger partial charge in [0.05, 0.1) is 5.56 Å². The number of anilines is 1. The number of amides is 1. The van der Waals surface area contributed by atoms with Crippen LogP contribution >= 0.6 is 0 Å². The largest absolute Gasteiger partial charge is 0.444 e. The summed E-state index contributed by atoms with van der Waals surface area (Å²) in [7, 11) is 0. The predicted octanol–water partition coefficient (Wildman–Crippen LogP) is 6.42. The van der Waals surface area contributed by atoms with Crippen molar-refractivity contribution in [3.63, 3.8) is 0 Å². The highest BCUT2D eigenvalue weighted by Crippen LogP contribution is 2.31. The van der Waals surface area contributed by atoms with E-state index in [1.54, 1.807) is 17.0 Å². The highest BCUT2D eigenvalue weighted by Gasteiger charge is 2.31. The normalized spacial score (nSPS) is 15.5. The summed E-state index contributed by atoms with van der Waals surface area (Å²) in [6.45, 7) is 9.22. The van der Waals surface area contributed by atoms with Crippen molar-refractivity contribution in [1.82, 2.24) is 4.90 Å². The molecule has 1 aliphatic heterocycles. The van der Waals surface area contributed by atoms with Gasteiger partial charge in [0.25, 0.3) is 0 Å². The Balaban J connectivity index is 1.74. The summed E-state index contributed by atoms with van der Waals surface area (Å²) in [5, 5.41) is 0. The van der Waals surface area contributed by atoms with E-state index in [2.05, 4.69) is 4.90 Å². The molecule has 32 heavy (non-hydrogen) atoms. The number of piperidine rings is 1. The molecule has 1 saturated heterocycles. The molecule has 2 aromatic rings. The first-order chi connectivity index (χ1) is 14.9. The maximum absolute atomic E-state index is 12.9. The third kappa shape index (κ3) is 6.40. The fraction of sp³-hybridized carbons (Fsp3) is 0.480. The minimum atomic E-state index is -4.34. The summed E-state index contributed by atoms with van der Waals surface area (Å²) in [5.41, 5.74) is 1.79. The monoisotopic (exact) mass is 448 g/mol. The lowest BCUT2D eigenvalue weighted by Gasteiger charge is -2.40. The Hall–Kier alpha value is -2.70. The van der Waals surface area contributed by atoms with E-state index in [1.165, 1.54) is 0 Å². The van der Waals surface area contributed by atoms with Crippen LogP contribution in [0.2, 0.25) is 0 Å². The summed E-state index contributed by atoms with van der Waals surface area (Å²) in [4.78, 5) is 16.4. The molecule has 1 amide bonds. The number of hydrogen-bond acceptors (Lipinski definition) is 3. The molecule has 0 saturated carbocycles. The van der Waals surface area contributed by atoms with Gasteiger partial charge in [0.15, 0.2) is 0 Å². The van der Waals surface area contributed by atoms with Gasteiger partial charge in [-0.25, -0.2) is 4.79 Å². The average Bonchev–Trinajstić information content (AvgIpc) is 2.71. The van der Waals surface area contributed by atoms with Crippen molar-refractivity contribution in [3.8, 4) is 0 Å². The molecule has 1 fully saturated rings. The van der Waals surface area contributed by atoms with Gasteiger partial charge < -0.3 is 14.5 Å². The van der Waals surface area contributed by atoms with E-state index >= 15 is 0 Å². The summed E-state index contributed by atoms with van der Waals surface area (Å²) < 4.78 is 44.3. The van der Waals surface area contributed by atoms with Crippen LogP contribution in [0.25, 0.3) is 0 Å². The summed E-state index contributed by atoms with van der Waals surface area (Å²) in [6.07, 6.45) is -3.13. The third-order valence-corrected chi connectivity index (χ3v) is 5.56. The quantitative estimate of drug-likeness (QED) is 0.541. The molecule has 1 heterocycles. The summed E-state index contributed by atoms with van der Waals surface area (Å²) in [6, 6.07) is 13.7. The molecule has 0 unspecified atom stereocenters. The number of halogens is 3. The predicted molar refractivity (Wildman–Crippen MR) is 120 cm³/mol. The second-order valence-electron chi connectivity index (χ2n) is 9.36. The molecule has 174 valence electrons. The fourth-order valence-corrected chi connectivity index (χ4v) is 3.85. The number of alkyl halides is 3. The van der Waals surface area contributed by atoms with Gasteiger partial charge in [0.1, 0.15) is 5.60 Å². The zero-order valence-electron chi connectivity index (χ0n) is 19.1. The molecule has 0 radical (unpaired) electrons. The Bertz CT molecular complexity index is 895. The molecule has 0 aromatic heterocycles. The number of benzene rings is 2. The van der Waals surface area contributed by atoms with Gasteiger partial charge in [-0.1, -0.05) is 29.8 Å². The number of likely N-dealkylation sites (tertiary alicyclic amines) is 1. The van der Waals surface area contributed by atoms with E-state index < -0.39 is 17.3 Å². The van der Waals surface area contributed by atoms with Crippen molar-refractivity contribution >= 4 is 11.8 Å². The summed E-state index contributed by atoms with van der Waals surface area (Å²) in [5.74, 6) is 0. The molecule has 4 nitrogen and oxygen atoms in total. The Morgan fingerprint density at radius 3 is 2.06 bits per heavy atom. The number of carbonyl (C=O) groups excluding carboxylic acids is 1. The van der Waals surface area contributed by atoms with E-state index in [0.717, 1.165) is 41.8 Å². The summed E-state index contributed by atoms with van der Waals surface area (Å²) >= 11 is 0. The maximum Gasteiger partial charge on any atom is 0.416 e. The van der Waals surface area contributed by atoms with Crippen molar-refractivity contribution in [2.75, 3.05) is 18.0 Å². The van der Waals surface area contributed by atoms with E-state index in [-0.39, 0.29) is 12.1 Å².